The molecule has 0 radical (unpaired) electrons. The van der Waals surface area contributed by atoms with Gasteiger partial charge in [-0.25, -0.2) is 9.59 Å². The average molecular weight is 773 g/mol. The Morgan fingerprint density at radius 3 is 2.13 bits per heavy atom. The molecule has 2 amide bonds. The quantitative estimate of drug-likeness (QED) is 0.0736. The Bertz CT molecular complexity index is 1440. The summed E-state index contributed by atoms with van der Waals surface area (Å²) in [6.45, 7) is 7.70. The van der Waals surface area contributed by atoms with Crippen molar-refractivity contribution in [2.75, 3.05) is 44.6 Å². The maximum Gasteiger partial charge on any atom is 0.490 e. The van der Waals surface area contributed by atoms with Crippen LogP contribution in [0.1, 0.15) is 50.7 Å². The summed E-state index contributed by atoms with van der Waals surface area (Å²) in [4.78, 5) is 44.5. The fourth-order valence-electron chi connectivity index (χ4n) is 4.59. The minimum Gasteiger partial charge on any atom is -0.506 e. The van der Waals surface area contributed by atoms with E-state index in [1.165, 1.54) is 5.56 Å². The van der Waals surface area contributed by atoms with Crippen molar-refractivity contribution in [1.82, 2.24) is 15.5 Å². The zero-order chi connectivity index (χ0) is 39.5. The van der Waals surface area contributed by atoms with Gasteiger partial charge in [-0.1, -0.05) is 49.6 Å². The van der Waals surface area contributed by atoms with Gasteiger partial charge in [0, 0.05) is 37.1 Å². The molecule has 0 saturated carbocycles. The maximum absolute atomic E-state index is 13.1. The first-order chi connectivity index (χ1) is 24.3. The third-order valence-electron chi connectivity index (χ3n) is 7.24. The van der Waals surface area contributed by atoms with E-state index in [0.717, 1.165) is 42.8 Å². The summed E-state index contributed by atoms with van der Waals surface area (Å²) in [7, 11) is 0. The van der Waals surface area contributed by atoms with Crippen LogP contribution in [0.25, 0.3) is 0 Å². The van der Waals surface area contributed by atoms with E-state index in [4.69, 9.17) is 36.1 Å². The summed E-state index contributed by atoms with van der Waals surface area (Å²) in [5, 5.41) is 34.5. The molecule has 0 unspecified atom stereocenters. The van der Waals surface area contributed by atoms with E-state index in [1.54, 1.807) is 6.07 Å². The van der Waals surface area contributed by atoms with Crippen molar-refractivity contribution in [3.05, 3.63) is 52.5 Å². The van der Waals surface area contributed by atoms with Gasteiger partial charge in [-0.15, -0.1) is 0 Å². The normalized spacial score (nSPS) is 12.8. The predicted molar refractivity (Wildman–Crippen MR) is 180 cm³/mol. The number of ether oxygens (including phenoxy) is 1. The topological polar surface area (TPSA) is 178 Å². The molecule has 0 aromatic heterocycles. The van der Waals surface area contributed by atoms with Crippen LogP contribution in [0.2, 0.25) is 5.02 Å². The Labute approximate surface area is 301 Å². The highest BCUT2D eigenvalue weighted by Crippen LogP contribution is 2.39. The highest BCUT2D eigenvalue weighted by Gasteiger charge is 2.39. The maximum atomic E-state index is 13.1. The minimum atomic E-state index is -5.08. The van der Waals surface area contributed by atoms with E-state index in [1.807, 2.05) is 29.2 Å². The summed E-state index contributed by atoms with van der Waals surface area (Å²) in [6, 6.07) is 11.4. The number of nitrogens with zero attached hydrogens (tertiary/aromatic N) is 1. The molecule has 1 aliphatic heterocycles. The highest BCUT2D eigenvalue weighted by atomic mass is 35.5. The van der Waals surface area contributed by atoms with Gasteiger partial charge in [0.25, 0.3) is 5.91 Å². The summed E-state index contributed by atoms with van der Waals surface area (Å²) >= 11 is 6.05. The third kappa shape index (κ3) is 17.8. The van der Waals surface area contributed by atoms with E-state index >= 15 is 0 Å². The molecule has 0 fully saturated rings. The highest BCUT2D eigenvalue weighted by molar-refractivity contribution is 6.30. The summed E-state index contributed by atoms with van der Waals surface area (Å²) in [6.07, 6.45) is -4.96. The van der Waals surface area contributed by atoms with Crippen molar-refractivity contribution in [2.24, 2.45) is 0 Å². The monoisotopic (exact) mass is 772 g/mol. The van der Waals surface area contributed by atoms with Crippen molar-refractivity contribution < 1.29 is 65.6 Å². The second-order valence-corrected chi connectivity index (χ2v) is 11.8. The number of carbonyl (C=O) groups excluding carboxylic acids is 2. The first kappa shape index (κ1) is 45.7. The third-order valence-corrected chi connectivity index (χ3v) is 7.47. The van der Waals surface area contributed by atoms with Crippen molar-refractivity contribution in [3.8, 4) is 11.5 Å². The van der Waals surface area contributed by atoms with E-state index in [0.29, 0.717) is 50.5 Å². The number of phenols is 1. The van der Waals surface area contributed by atoms with Gasteiger partial charge in [-0.3, -0.25) is 9.59 Å². The Kier molecular flexibility index (Phi) is 19.9. The van der Waals surface area contributed by atoms with Gasteiger partial charge in [-0.05, 0) is 68.6 Å². The molecule has 0 saturated heterocycles. The van der Waals surface area contributed by atoms with E-state index < -0.39 is 24.3 Å². The molecule has 0 bridgehead atoms. The molecule has 12 nitrogen and oxygen atoms in total. The lowest BCUT2D eigenvalue weighted by molar-refractivity contribution is -0.193. The number of halogens is 7. The summed E-state index contributed by atoms with van der Waals surface area (Å²) in [5.74, 6) is -5.10. The average Bonchev–Trinajstić information content (AvgIpc) is 3.05. The Hall–Kier alpha value is -4.29. The smallest absolute Gasteiger partial charge is 0.490 e. The first-order valence-electron chi connectivity index (χ1n) is 16.1. The molecule has 2 aromatic carbocycles. The molecule has 52 heavy (non-hydrogen) atoms. The number of rotatable bonds is 16. The number of carbonyl (C=O) groups is 4. The van der Waals surface area contributed by atoms with Gasteiger partial charge in [0.2, 0.25) is 5.91 Å². The Morgan fingerprint density at radius 2 is 1.56 bits per heavy atom. The number of anilines is 1. The summed E-state index contributed by atoms with van der Waals surface area (Å²) < 4.78 is 69.0. The van der Waals surface area contributed by atoms with Crippen LogP contribution in [-0.2, 0) is 32.0 Å². The molecule has 2 aromatic rings. The van der Waals surface area contributed by atoms with Crippen molar-refractivity contribution in [1.29, 1.82) is 0 Å². The van der Waals surface area contributed by atoms with Gasteiger partial charge in [0.15, 0.2) is 12.4 Å². The van der Waals surface area contributed by atoms with Crippen molar-refractivity contribution in [3.63, 3.8) is 0 Å². The molecule has 0 spiro atoms. The van der Waals surface area contributed by atoms with Gasteiger partial charge in [0.05, 0.1) is 0 Å². The number of hydrogen-bond acceptors (Lipinski definition) is 8. The Morgan fingerprint density at radius 1 is 0.962 bits per heavy atom. The number of alkyl halides is 6. The number of unbranched alkanes of at least 4 members (excludes halogenated alkanes) is 1. The van der Waals surface area contributed by atoms with Gasteiger partial charge >= 0.3 is 24.3 Å². The van der Waals surface area contributed by atoms with E-state index in [9.17, 15) is 41.0 Å². The SMILES string of the molecule is CCCC[C@@H](C)N(CCNCCc1ccc(O)c2c1OCC(=O)N2)C(=O)CCNCCc1cccc(Cl)c1.O=C(O)C(F)(F)F.O=C(O)C(F)(F)F. The number of phenolic OH excluding ortho intramolecular Hbond substituents is 1. The minimum absolute atomic E-state index is 0.000988. The van der Waals surface area contributed by atoms with Gasteiger partial charge < -0.3 is 40.9 Å². The van der Waals surface area contributed by atoms with Crippen LogP contribution in [0.5, 0.6) is 11.5 Å². The number of hydrogen-bond donors (Lipinski definition) is 6. The zero-order valence-corrected chi connectivity index (χ0v) is 29.3. The number of carboxylic acid groups (broad SMARTS) is 2. The van der Waals surface area contributed by atoms with Crippen LogP contribution >= 0.6 is 11.6 Å². The number of aliphatic carboxylic acids is 2. The second kappa shape index (κ2) is 22.6. The molecule has 1 aliphatic rings. The van der Waals surface area contributed by atoms with Gasteiger partial charge in [0.1, 0.15) is 11.4 Å². The number of aromatic hydroxyl groups is 1. The van der Waals surface area contributed by atoms with Crippen LogP contribution in [0.15, 0.2) is 36.4 Å². The molecule has 19 heteroatoms. The lowest BCUT2D eigenvalue weighted by Crippen LogP contribution is -2.43. The molecular formula is C33H43ClF6N4O8. The van der Waals surface area contributed by atoms with Crippen LogP contribution in [0.4, 0.5) is 32.0 Å². The van der Waals surface area contributed by atoms with E-state index in [-0.39, 0.29) is 30.2 Å². The van der Waals surface area contributed by atoms with Crippen LogP contribution < -0.4 is 20.7 Å². The molecule has 3 rings (SSSR count). The number of nitrogens with one attached hydrogen (secondary N) is 3. The fraction of sp³-hybridized carbons (Fsp3) is 0.515. The predicted octanol–water partition coefficient (Wildman–Crippen LogP) is 5.40. The zero-order valence-electron chi connectivity index (χ0n) is 28.5. The molecule has 1 atom stereocenters. The fourth-order valence-corrected chi connectivity index (χ4v) is 4.81. The number of carboxylic acids is 2. The number of amides is 2. The summed E-state index contributed by atoms with van der Waals surface area (Å²) in [5.41, 5.74) is 2.43. The first-order valence-corrected chi connectivity index (χ1v) is 16.5. The van der Waals surface area contributed by atoms with E-state index in [2.05, 4.69) is 35.9 Å². The number of fused-ring (bicyclic) bond motifs is 1. The number of benzene rings is 2. The Balaban J connectivity index is 0.000000812. The second-order valence-electron chi connectivity index (χ2n) is 11.3. The molecule has 0 aliphatic carbocycles. The largest absolute Gasteiger partial charge is 0.506 e. The lowest BCUT2D eigenvalue weighted by Gasteiger charge is -2.30. The molecule has 1 heterocycles. The van der Waals surface area contributed by atoms with Crippen molar-refractivity contribution in [2.45, 2.75) is 70.8 Å². The van der Waals surface area contributed by atoms with Crippen LogP contribution in [-0.4, -0.2) is 102 Å². The van der Waals surface area contributed by atoms with Crippen LogP contribution in [0.3, 0.4) is 0 Å². The molecule has 292 valence electrons. The van der Waals surface area contributed by atoms with Crippen molar-refractivity contribution >= 4 is 41.0 Å². The van der Waals surface area contributed by atoms with Gasteiger partial charge in [-0.2, -0.15) is 26.3 Å². The lowest BCUT2D eigenvalue weighted by atomic mass is 10.1. The van der Waals surface area contributed by atoms with Crippen LogP contribution in [0, 0.1) is 0 Å². The molecular weight excluding hydrogens is 730 g/mol. The standard InChI is InChI=1S/C29H41ClN4O4.2C2HF3O2/c1-3-4-6-21(2)34(27(37)13-16-31-14-11-22-7-5-8-24(30)19-22)18-17-32-15-12-23-9-10-25(35)28-29(23)38-20-26(36)33-28;2*3-2(4,5)1(6)7/h5,7-10,19,21,31-32,35H,3-4,6,11-18,20H2,1-2H3,(H,33,36);2*(H,6,7)/t21-;;/m1../s1. The molecule has 6 N–H and O–H groups in total.